The molecule has 0 aliphatic heterocycles. The predicted molar refractivity (Wildman–Crippen MR) is 133 cm³/mol. The van der Waals surface area contributed by atoms with Crippen LogP contribution in [0.25, 0.3) is 0 Å². The molecule has 0 spiro atoms. The van der Waals surface area contributed by atoms with Gasteiger partial charge in [-0.05, 0) is 71.1 Å². The first-order valence-electron chi connectivity index (χ1n) is 11.1. The second-order valence-corrected chi connectivity index (χ2v) is 9.44. The Hall–Kier alpha value is -4.32. The van der Waals surface area contributed by atoms with Gasteiger partial charge < -0.3 is 30.6 Å². The maximum atomic E-state index is 10.2. The first-order valence-corrected chi connectivity index (χ1v) is 11.1. The minimum atomic E-state index is -0.851. The van der Waals surface area contributed by atoms with Crippen molar-refractivity contribution in [3.05, 3.63) is 107 Å². The summed E-state index contributed by atoms with van der Waals surface area (Å²) in [4.78, 5) is 0. The lowest BCUT2D eigenvalue weighted by Gasteiger charge is -2.33. The highest BCUT2D eigenvalue weighted by Gasteiger charge is 2.33. The molecule has 0 unspecified atom stereocenters. The van der Waals surface area contributed by atoms with Gasteiger partial charge in [-0.15, -0.1) is 0 Å². The largest absolute Gasteiger partial charge is 0.504 e. The number of phenols is 6. The summed E-state index contributed by atoms with van der Waals surface area (Å²) in [5, 5.41) is 59.7. The van der Waals surface area contributed by atoms with Crippen molar-refractivity contribution in [3.63, 3.8) is 0 Å². The van der Waals surface area contributed by atoms with Crippen molar-refractivity contribution < 1.29 is 30.6 Å². The van der Waals surface area contributed by atoms with E-state index in [4.69, 9.17) is 0 Å². The fraction of sp³-hybridized carbons (Fsp3) is 0.172. The Bertz CT molecular complexity index is 1340. The van der Waals surface area contributed by atoms with Crippen molar-refractivity contribution >= 4 is 0 Å². The molecule has 0 atom stereocenters. The third-order valence-electron chi connectivity index (χ3n) is 6.99. The molecule has 0 amide bonds. The van der Waals surface area contributed by atoms with E-state index in [0.717, 1.165) is 16.7 Å². The van der Waals surface area contributed by atoms with Gasteiger partial charge in [-0.3, -0.25) is 0 Å². The van der Waals surface area contributed by atoms with Crippen LogP contribution in [0.3, 0.4) is 0 Å². The molecule has 0 saturated carbocycles. The third-order valence-corrected chi connectivity index (χ3v) is 6.99. The Kier molecular flexibility index (Phi) is 5.77. The van der Waals surface area contributed by atoms with Crippen LogP contribution >= 0.6 is 0 Å². The van der Waals surface area contributed by atoms with Gasteiger partial charge in [-0.25, -0.2) is 0 Å². The molecular formula is C29H28O6. The summed E-state index contributed by atoms with van der Waals surface area (Å²) in [7, 11) is 0. The normalized spacial score (nSPS) is 12.0. The molecule has 0 saturated heterocycles. The van der Waals surface area contributed by atoms with E-state index in [9.17, 15) is 30.6 Å². The third kappa shape index (κ3) is 4.08. The molecule has 0 fully saturated rings. The molecule has 6 nitrogen and oxygen atoms in total. The van der Waals surface area contributed by atoms with E-state index in [-0.39, 0.29) is 34.5 Å². The Morgan fingerprint density at radius 3 is 1.09 bits per heavy atom. The first-order chi connectivity index (χ1) is 16.4. The van der Waals surface area contributed by atoms with Gasteiger partial charge in [-0.1, -0.05) is 56.3 Å². The van der Waals surface area contributed by atoms with Crippen molar-refractivity contribution in [2.75, 3.05) is 0 Å². The lowest BCUT2D eigenvalue weighted by Crippen LogP contribution is -2.26. The number of hydrogen-bond donors (Lipinski definition) is 6. The van der Waals surface area contributed by atoms with Crippen molar-refractivity contribution in [3.8, 4) is 34.5 Å². The first kappa shape index (κ1) is 23.8. The molecular weight excluding hydrogens is 444 g/mol. The van der Waals surface area contributed by atoms with Crippen LogP contribution in [0.2, 0.25) is 0 Å². The molecule has 6 heteroatoms. The minimum Gasteiger partial charge on any atom is -0.504 e. The van der Waals surface area contributed by atoms with Crippen LogP contribution < -0.4 is 0 Å². The average Bonchev–Trinajstić information content (AvgIpc) is 2.83. The van der Waals surface area contributed by atoms with E-state index in [1.54, 1.807) is 24.3 Å². The van der Waals surface area contributed by atoms with Gasteiger partial charge in [0.2, 0.25) is 0 Å². The summed E-state index contributed by atoms with van der Waals surface area (Å²) < 4.78 is 0. The number of aromatic hydroxyl groups is 6. The summed E-state index contributed by atoms with van der Waals surface area (Å²) in [6.07, 6.45) is 0. The molecule has 0 aliphatic carbocycles. The lowest BCUT2D eigenvalue weighted by atomic mass is 9.70. The zero-order valence-corrected chi connectivity index (χ0v) is 19.7. The van der Waals surface area contributed by atoms with Gasteiger partial charge >= 0.3 is 0 Å². The van der Waals surface area contributed by atoms with E-state index in [1.807, 2.05) is 45.0 Å². The molecule has 35 heavy (non-hydrogen) atoms. The fourth-order valence-corrected chi connectivity index (χ4v) is 4.47. The van der Waals surface area contributed by atoms with E-state index >= 15 is 0 Å². The van der Waals surface area contributed by atoms with Crippen LogP contribution in [0.1, 0.15) is 48.6 Å². The molecule has 0 aliphatic rings. The van der Waals surface area contributed by atoms with Gasteiger partial charge in [0.25, 0.3) is 0 Å². The quantitative estimate of drug-likeness (QED) is 0.166. The monoisotopic (exact) mass is 472 g/mol. The van der Waals surface area contributed by atoms with Crippen LogP contribution in [-0.4, -0.2) is 30.6 Å². The van der Waals surface area contributed by atoms with Gasteiger partial charge in [0, 0.05) is 10.8 Å². The van der Waals surface area contributed by atoms with E-state index in [0.29, 0.717) is 11.1 Å². The molecule has 0 heterocycles. The second kappa shape index (κ2) is 8.47. The van der Waals surface area contributed by atoms with E-state index in [1.165, 1.54) is 30.3 Å². The standard InChI is InChI=1S/C29H28O6/c1-28(2,19-8-11-22(30)25(33)14-19)17-4-6-18(7-5-17)29(3,20-9-12-23(31)26(34)15-20)21-10-13-24(32)27(35)16-21/h4-16,30-35H,1-3H3. The van der Waals surface area contributed by atoms with Crippen molar-refractivity contribution in [1.82, 2.24) is 0 Å². The zero-order valence-electron chi connectivity index (χ0n) is 19.7. The van der Waals surface area contributed by atoms with Crippen molar-refractivity contribution in [1.29, 1.82) is 0 Å². The molecule has 4 aromatic carbocycles. The maximum Gasteiger partial charge on any atom is 0.157 e. The Balaban J connectivity index is 1.84. The van der Waals surface area contributed by atoms with Crippen LogP contribution in [0.4, 0.5) is 0 Å². The van der Waals surface area contributed by atoms with Gasteiger partial charge in [0.05, 0.1) is 0 Å². The Morgan fingerprint density at radius 2 is 0.686 bits per heavy atom. The number of hydrogen-bond acceptors (Lipinski definition) is 6. The number of rotatable bonds is 5. The van der Waals surface area contributed by atoms with E-state index < -0.39 is 10.8 Å². The van der Waals surface area contributed by atoms with Crippen LogP contribution in [-0.2, 0) is 10.8 Å². The summed E-state index contributed by atoms with van der Waals surface area (Å²) in [6.45, 7) is 5.97. The summed E-state index contributed by atoms with van der Waals surface area (Å²) in [6, 6.07) is 21.8. The molecule has 180 valence electrons. The molecule has 0 bridgehead atoms. The fourth-order valence-electron chi connectivity index (χ4n) is 4.47. The SMILES string of the molecule is CC(C)(c1ccc(C(C)(c2ccc(O)c(O)c2)c2ccc(O)c(O)c2)cc1)c1ccc(O)c(O)c1. The minimum absolute atomic E-state index is 0.176. The van der Waals surface area contributed by atoms with Gasteiger partial charge in [-0.2, -0.15) is 0 Å². The Morgan fingerprint density at radius 1 is 0.371 bits per heavy atom. The molecule has 4 rings (SSSR count). The predicted octanol–water partition coefficient (Wildman–Crippen LogP) is 5.60. The molecule has 6 N–H and O–H groups in total. The van der Waals surface area contributed by atoms with Crippen LogP contribution in [0, 0.1) is 0 Å². The van der Waals surface area contributed by atoms with Crippen molar-refractivity contribution in [2.45, 2.75) is 31.6 Å². The highest BCUT2D eigenvalue weighted by Crippen LogP contribution is 2.44. The summed E-state index contributed by atoms with van der Waals surface area (Å²) in [5.41, 5.74) is 2.66. The number of benzene rings is 4. The summed E-state index contributed by atoms with van der Waals surface area (Å²) in [5.74, 6) is -1.36. The maximum absolute atomic E-state index is 10.2. The molecule has 0 aromatic heterocycles. The average molecular weight is 473 g/mol. The molecule has 4 aromatic rings. The van der Waals surface area contributed by atoms with Gasteiger partial charge in [0.15, 0.2) is 34.5 Å². The lowest BCUT2D eigenvalue weighted by molar-refractivity contribution is 0.400. The van der Waals surface area contributed by atoms with Crippen LogP contribution in [0.15, 0.2) is 78.9 Å². The van der Waals surface area contributed by atoms with E-state index in [2.05, 4.69) is 0 Å². The zero-order chi connectivity index (χ0) is 25.5. The highest BCUT2D eigenvalue weighted by atomic mass is 16.3. The summed E-state index contributed by atoms with van der Waals surface area (Å²) >= 11 is 0. The highest BCUT2D eigenvalue weighted by molar-refractivity contribution is 5.57. The van der Waals surface area contributed by atoms with Crippen LogP contribution in [0.5, 0.6) is 34.5 Å². The Labute approximate surface area is 203 Å². The topological polar surface area (TPSA) is 121 Å². The van der Waals surface area contributed by atoms with Gasteiger partial charge in [0.1, 0.15) is 0 Å². The smallest absolute Gasteiger partial charge is 0.157 e. The second-order valence-electron chi connectivity index (χ2n) is 9.44. The van der Waals surface area contributed by atoms with Crippen molar-refractivity contribution in [2.24, 2.45) is 0 Å². The number of phenolic OH excluding ortho intramolecular Hbond substituents is 6. The molecule has 0 radical (unpaired) electrons.